The number of hydrogen-bond acceptors (Lipinski definition) is 4. The van der Waals surface area contributed by atoms with E-state index in [9.17, 15) is 4.79 Å². The van der Waals surface area contributed by atoms with E-state index >= 15 is 0 Å². The number of ether oxygens (including phenoxy) is 2. The highest BCUT2D eigenvalue weighted by Crippen LogP contribution is 2.33. The quantitative estimate of drug-likeness (QED) is 0.794. The highest BCUT2D eigenvalue weighted by atomic mass is 16.6. The zero-order valence-electron chi connectivity index (χ0n) is 11.7. The van der Waals surface area contributed by atoms with Crippen LogP contribution >= 0.6 is 0 Å². The Balaban J connectivity index is 1.53. The van der Waals surface area contributed by atoms with Crippen LogP contribution in [0.1, 0.15) is 32.1 Å². The second kappa shape index (κ2) is 5.38. The number of piperidine rings is 1. The van der Waals surface area contributed by atoms with Gasteiger partial charge in [0.2, 0.25) is 5.91 Å². The van der Waals surface area contributed by atoms with Crippen LogP contribution in [0.3, 0.4) is 0 Å². The van der Waals surface area contributed by atoms with Gasteiger partial charge in [-0.05, 0) is 19.3 Å². The van der Waals surface area contributed by atoms with E-state index in [0.29, 0.717) is 18.5 Å². The number of amides is 1. The molecule has 0 aliphatic carbocycles. The Hall–Kier alpha value is -0.650. The van der Waals surface area contributed by atoms with Crippen molar-refractivity contribution in [2.45, 2.75) is 49.8 Å². The first-order valence-electron chi connectivity index (χ1n) is 7.39. The average molecular weight is 268 g/mol. The molecule has 1 spiro atoms. The molecule has 0 aromatic rings. The van der Waals surface area contributed by atoms with Gasteiger partial charge in [0, 0.05) is 51.7 Å². The summed E-state index contributed by atoms with van der Waals surface area (Å²) in [5, 5.41) is 3.73. The molecule has 3 aliphatic heterocycles. The summed E-state index contributed by atoms with van der Waals surface area (Å²) in [5.74, 6) is 0.269. The summed E-state index contributed by atoms with van der Waals surface area (Å²) in [5.41, 5.74) is -0.0354. The highest BCUT2D eigenvalue weighted by Gasteiger charge is 2.41. The van der Waals surface area contributed by atoms with Crippen LogP contribution < -0.4 is 5.32 Å². The molecule has 0 aromatic heterocycles. The number of carbonyl (C=O) groups excluding carboxylic acids is 1. The number of rotatable bonds is 2. The Bertz CT molecular complexity index is 342. The van der Waals surface area contributed by atoms with Crippen LogP contribution in [0, 0.1) is 0 Å². The molecule has 0 radical (unpaired) electrons. The van der Waals surface area contributed by atoms with Gasteiger partial charge in [-0.3, -0.25) is 4.79 Å². The average Bonchev–Trinajstić information content (AvgIpc) is 2.82. The van der Waals surface area contributed by atoms with E-state index in [1.54, 1.807) is 0 Å². The first kappa shape index (κ1) is 13.3. The summed E-state index contributed by atoms with van der Waals surface area (Å²) < 4.78 is 11.5. The van der Waals surface area contributed by atoms with E-state index in [1.807, 2.05) is 11.9 Å². The Morgan fingerprint density at radius 2 is 2.21 bits per heavy atom. The third kappa shape index (κ3) is 2.93. The van der Waals surface area contributed by atoms with E-state index in [0.717, 1.165) is 52.0 Å². The molecule has 3 saturated heterocycles. The minimum atomic E-state index is -0.0354. The van der Waals surface area contributed by atoms with Gasteiger partial charge in [-0.1, -0.05) is 0 Å². The molecule has 3 atom stereocenters. The van der Waals surface area contributed by atoms with Crippen LogP contribution in [0.25, 0.3) is 0 Å². The summed E-state index contributed by atoms with van der Waals surface area (Å²) in [6, 6.07) is 0.937. The van der Waals surface area contributed by atoms with Gasteiger partial charge in [0.1, 0.15) is 0 Å². The molecule has 5 heteroatoms. The van der Waals surface area contributed by atoms with Gasteiger partial charge in [-0.25, -0.2) is 0 Å². The molecular formula is C14H24N2O3. The summed E-state index contributed by atoms with van der Waals surface area (Å²) in [6.45, 7) is 3.23. The normalized spacial score (nSPS) is 40.1. The second-order valence-electron chi connectivity index (χ2n) is 6.20. The van der Waals surface area contributed by atoms with Gasteiger partial charge in [0.15, 0.2) is 0 Å². The zero-order valence-corrected chi connectivity index (χ0v) is 11.7. The van der Waals surface area contributed by atoms with Gasteiger partial charge in [-0.2, -0.15) is 0 Å². The van der Waals surface area contributed by atoms with Crippen molar-refractivity contribution in [1.82, 2.24) is 10.2 Å². The van der Waals surface area contributed by atoms with Crippen molar-refractivity contribution in [3.63, 3.8) is 0 Å². The molecule has 19 heavy (non-hydrogen) atoms. The lowest BCUT2D eigenvalue weighted by atomic mass is 9.89. The standard InChI is InChI=1S/C14H24N2O3/c1-16-9-12(2-3-13(16)17)15-11-4-6-19-14(8-11)5-7-18-10-14/h11-12,15H,2-10H2,1H3. The molecule has 3 rings (SSSR count). The lowest BCUT2D eigenvalue weighted by Crippen LogP contribution is -2.54. The predicted molar refractivity (Wildman–Crippen MR) is 70.9 cm³/mol. The molecule has 108 valence electrons. The molecule has 0 aromatic carbocycles. The number of nitrogens with one attached hydrogen (secondary N) is 1. The van der Waals surface area contributed by atoms with E-state index < -0.39 is 0 Å². The molecular weight excluding hydrogens is 244 g/mol. The van der Waals surface area contributed by atoms with Gasteiger partial charge >= 0.3 is 0 Å². The van der Waals surface area contributed by atoms with Crippen LogP contribution in [0.15, 0.2) is 0 Å². The van der Waals surface area contributed by atoms with Crippen molar-refractivity contribution >= 4 is 5.91 Å². The summed E-state index contributed by atoms with van der Waals surface area (Å²) in [6.07, 6.45) is 4.76. The number of nitrogens with zero attached hydrogens (tertiary/aromatic N) is 1. The summed E-state index contributed by atoms with van der Waals surface area (Å²) >= 11 is 0. The van der Waals surface area contributed by atoms with Crippen LogP contribution in [0.2, 0.25) is 0 Å². The maximum atomic E-state index is 11.5. The van der Waals surface area contributed by atoms with E-state index in [1.165, 1.54) is 0 Å². The number of likely N-dealkylation sites (N-methyl/N-ethyl adjacent to an activating group) is 1. The maximum absolute atomic E-state index is 11.5. The fraction of sp³-hybridized carbons (Fsp3) is 0.929. The Morgan fingerprint density at radius 3 is 2.95 bits per heavy atom. The number of likely N-dealkylation sites (tertiary alicyclic amines) is 1. The van der Waals surface area contributed by atoms with Crippen LogP contribution in [-0.4, -0.2) is 61.9 Å². The van der Waals surface area contributed by atoms with Crippen molar-refractivity contribution in [3.05, 3.63) is 0 Å². The van der Waals surface area contributed by atoms with Gasteiger partial charge in [-0.15, -0.1) is 0 Å². The SMILES string of the molecule is CN1CC(NC2CCOC3(CCOC3)C2)CCC1=O. The van der Waals surface area contributed by atoms with Crippen LogP contribution in [0.4, 0.5) is 0 Å². The molecule has 3 heterocycles. The first-order chi connectivity index (χ1) is 9.17. The van der Waals surface area contributed by atoms with Gasteiger partial charge < -0.3 is 19.7 Å². The predicted octanol–water partition coefficient (Wildman–Crippen LogP) is 0.535. The molecule has 3 fully saturated rings. The van der Waals surface area contributed by atoms with Crippen molar-refractivity contribution in [2.75, 3.05) is 33.4 Å². The van der Waals surface area contributed by atoms with Crippen molar-refractivity contribution in [3.8, 4) is 0 Å². The molecule has 0 saturated carbocycles. The maximum Gasteiger partial charge on any atom is 0.222 e. The van der Waals surface area contributed by atoms with E-state index in [-0.39, 0.29) is 11.5 Å². The largest absolute Gasteiger partial charge is 0.378 e. The fourth-order valence-electron chi connectivity index (χ4n) is 3.51. The van der Waals surface area contributed by atoms with Crippen molar-refractivity contribution in [1.29, 1.82) is 0 Å². The molecule has 3 unspecified atom stereocenters. The van der Waals surface area contributed by atoms with E-state index in [4.69, 9.17) is 9.47 Å². The monoisotopic (exact) mass is 268 g/mol. The third-order valence-corrected chi connectivity index (χ3v) is 4.66. The van der Waals surface area contributed by atoms with E-state index in [2.05, 4.69) is 5.32 Å². The third-order valence-electron chi connectivity index (χ3n) is 4.66. The zero-order chi connectivity index (χ0) is 13.3. The number of carbonyl (C=O) groups is 1. The molecule has 3 aliphatic rings. The topological polar surface area (TPSA) is 50.8 Å². The Labute approximate surface area is 114 Å². The molecule has 0 bridgehead atoms. The summed E-state index contributed by atoms with van der Waals surface area (Å²) in [4.78, 5) is 13.3. The first-order valence-corrected chi connectivity index (χ1v) is 7.39. The molecule has 1 amide bonds. The Morgan fingerprint density at radius 1 is 1.32 bits per heavy atom. The van der Waals surface area contributed by atoms with Crippen LogP contribution in [-0.2, 0) is 14.3 Å². The fourth-order valence-corrected chi connectivity index (χ4v) is 3.51. The van der Waals surface area contributed by atoms with Crippen molar-refractivity contribution in [2.24, 2.45) is 0 Å². The minimum Gasteiger partial charge on any atom is -0.378 e. The van der Waals surface area contributed by atoms with Gasteiger partial charge in [0.05, 0.1) is 12.2 Å². The lowest BCUT2D eigenvalue weighted by Gasteiger charge is -2.40. The van der Waals surface area contributed by atoms with Crippen molar-refractivity contribution < 1.29 is 14.3 Å². The smallest absolute Gasteiger partial charge is 0.222 e. The Kier molecular flexibility index (Phi) is 3.78. The van der Waals surface area contributed by atoms with Crippen LogP contribution in [0.5, 0.6) is 0 Å². The molecule has 1 N–H and O–H groups in total. The summed E-state index contributed by atoms with van der Waals surface area (Å²) in [7, 11) is 1.90. The number of hydrogen-bond donors (Lipinski definition) is 1. The lowest BCUT2D eigenvalue weighted by molar-refractivity contribution is -0.133. The van der Waals surface area contributed by atoms with Gasteiger partial charge in [0.25, 0.3) is 0 Å². The molecule has 5 nitrogen and oxygen atoms in total. The highest BCUT2D eigenvalue weighted by molar-refractivity contribution is 5.76. The second-order valence-corrected chi connectivity index (χ2v) is 6.20. The minimum absolute atomic E-state index is 0.0354.